The van der Waals surface area contributed by atoms with E-state index >= 15 is 0 Å². The van der Waals surface area contributed by atoms with Gasteiger partial charge in [-0.15, -0.1) is 0 Å². The minimum atomic E-state index is -3.48. The summed E-state index contributed by atoms with van der Waals surface area (Å²) < 4.78 is 26.8. The SMILES string of the molecule is CCC(C)C(N)C(=O)Nc1ccc(S(=O)(=O)NCC2CC2)cc1. The van der Waals surface area contributed by atoms with Gasteiger partial charge in [-0.2, -0.15) is 0 Å². The summed E-state index contributed by atoms with van der Waals surface area (Å²) in [7, 11) is -3.48. The second kappa shape index (κ2) is 7.42. The van der Waals surface area contributed by atoms with Crippen LogP contribution < -0.4 is 15.8 Å². The molecule has 2 atom stereocenters. The molecule has 1 fully saturated rings. The summed E-state index contributed by atoms with van der Waals surface area (Å²) in [4.78, 5) is 12.2. The summed E-state index contributed by atoms with van der Waals surface area (Å²) in [6.45, 7) is 4.39. The number of carbonyl (C=O) groups excluding carboxylic acids is 1. The van der Waals surface area contributed by atoms with E-state index in [1.54, 1.807) is 12.1 Å². The van der Waals surface area contributed by atoms with Crippen molar-refractivity contribution in [2.75, 3.05) is 11.9 Å². The normalized spacial score (nSPS) is 17.5. The van der Waals surface area contributed by atoms with Crippen LogP contribution >= 0.6 is 0 Å². The molecule has 0 heterocycles. The van der Waals surface area contributed by atoms with Crippen LogP contribution in [0.2, 0.25) is 0 Å². The number of hydrogen-bond acceptors (Lipinski definition) is 4. The van der Waals surface area contributed by atoms with E-state index in [0.29, 0.717) is 18.2 Å². The van der Waals surface area contributed by atoms with Crippen LogP contribution in [0.15, 0.2) is 29.2 Å². The number of nitrogens with two attached hydrogens (primary N) is 1. The van der Waals surface area contributed by atoms with Gasteiger partial charge in [0.25, 0.3) is 0 Å². The average Bonchev–Trinajstić information content (AvgIpc) is 3.36. The van der Waals surface area contributed by atoms with Gasteiger partial charge in [0.1, 0.15) is 0 Å². The zero-order valence-electron chi connectivity index (χ0n) is 13.6. The molecule has 7 heteroatoms. The van der Waals surface area contributed by atoms with Crippen molar-refractivity contribution in [2.45, 2.75) is 44.0 Å². The van der Waals surface area contributed by atoms with Gasteiger partial charge in [-0.25, -0.2) is 13.1 Å². The number of benzene rings is 1. The number of carbonyl (C=O) groups is 1. The Labute approximate surface area is 137 Å². The van der Waals surface area contributed by atoms with Crippen LogP contribution in [0.3, 0.4) is 0 Å². The molecule has 0 saturated heterocycles. The van der Waals surface area contributed by atoms with E-state index in [4.69, 9.17) is 5.73 Å². The lowest BCUT2D eigenvalue weighted by Crippen LogP contribution is -2.40. The van der Waals surface area contributed by atoms with Crippen LogP contribution in [0.4, 0.5) is 5.69 Å². The van der Waals surface area contributed by atoms with E-state index in [2.05, 4.69) is 10.0 Å². The van der Waals surface area contributed by atoms with Crippen molar-refractivity contribution in [3.05, 3.63) is 24.3 Å². The summed E-state index contributed by atoms with van der Waals surface area (Å²) in [5, 5.41) is 2.72. The molecule has 2 unspecified atom stereocenters. The highest BCUT2D eigenvalue weighted by molar-refractivity contribution is 7.89. The Balaban J connectivity index is 1.97. The molecular formula is C16H25N3O3S. The molecule has 1 amide bonds. The molecule has 0 bridgehead atoms. The van der Waals surface area contributed by atoms with Crippen molar-refractivity contribution in [3.63, 3.8) is 0 Å². The molecule has 2 rings (SSSR count). The molecule has 0 aliphatic heterocycles. The molecule has 1 aliphatic rings. The van der Waals surface area contributed by atoms with Gasteiger partial charge in [-0.1, -0.05) is 20.3 Å². The smallest absolute Gasteiger partial charge is 0.241 e. The summed E-state index contributed by atoms with van der Waals surface area (Å²) in [6, 6.07) is 5.54. The minimum absolute atomic E-state index is 0.0845. The first kappa shape index (κ1) is 17.9. The van der Waals surface area contributed by atoms with Crippen molar-refractivity contribution < 1.29 is 13.2 Å². The number of amides is 1. The highest BCUT2D eigenvalue weighted by Crippen LogP contribution is 2.28. The van der Waals surface area contributed by atoms with Crippen LogP contribution in [0.25, 0.3) is 0 Å². The first-order valence-electron chi connectivity index (χ1n) is 7.99. The van der Waals surface area contributed by atoms with E-state index in [1.165, 1.54) is 12.1 Å². The summed E-state index contributed by atoms with van der Waals surface area (Å²) >= 11 is 0. The van der Waals surface area contributed by atoms with Gasteiger partial charge in [-0.3, -0.25) is 4.79 Å². The van der Waals surface area contributed by atoms with E-state index in [9.17, 15) is 13.2 Å². The van der Waals surface area contributed by atoms with E-state index in [1.807, 2.05) is 13.8 Å². The number of hydrogen-bond donors (Lipinski definition) is 3. The Morgan fingerprint density at radius 2 is 1.91 bits per heavy atom. The minimum Gasteiger partial charge on any atom is -0.325 e. The zero-order valence-corrected chi connectivity index (χ0v) is 14.4. The molecular weight excluding hydrogens is 314 g/mol. The number of rotatable bonds is 8. The Morgan fingerprint density at radius 1 is 1.30 bits per heavy atom. The first-order chi connectivity index (χ1) is 10.8. The van der Waals surface area contributed by atoms with Crippen LogP contribution in [0.1, 0.15) is 33.1 Å². The maximum Gasteiger partial charge on any atom is 0.241 e. The largest absolute Gasteiger partial charge is 0.325 e. The van der Waals surface area contributed by atoms with Gasteiger partial charge in [0.15, 0.2) is 0 Å². The van der Waals surface area contributed by atoms with Crippen molar-refractivity contribution >= 4 is 21.6 Å². The molecule has 1 saturated carbocycles. The average molecular weight is 339 g/mol. The molecule has 23 heavy (non-hydrogen) atoms. The predicted octanol–water partition coefficient (Wildman–Crippen LogP) is 1.69. The number of anilines is 1. The van der Waals surface area contributed by atoms with Crippen molar-refractivity contribution in [2.24, 2.45) is 17.6 Å². The maximum absolute atomic E-state index is 12.1. The van der Waals surface area contributed by atoms with Crippen molar-refractivity contribution in [1.29, 1.82) is 0 Å². The first-order valence-corrected chi connectivity index (χ1v) is 9.48. The van der Waals surface area contributed by atoms with Crippen LogP contribution in [0.5, 0.6) is 0 Å². The lowest BCUT2D eigenvalue weighted by molar-refractivity contribution is -0.118. The second-order valence-corrected chi connectivity index (χ2v) is 7.99. The second-order valence-electron chi connectivity index (χ2n) is 6.22. The van der Waals surface area contributed by atoms with Gasteiger partial charge in [0.05, 0.1) is 10.9 Å². The topological polar surface area (TPSA) is 101 Å². The van der Waals surface area contributed by atoms with E-state index < -0.39 is 16.1 Å². The van der Waals surface area contributed by atoms with Gasteiger partial charge in [0, 0.05) is 12.2 Å². The van der Waals surface area contributed by atoms with Gasteiger partial charge < -0.3 is 11.1 Å². The molecule has 0 spiro atoms. The lowest BCUT2D eigenvalue weighted by Gasteiger charge is -2.17. The third-order valence-corrected chi connectivity index (χ3v) is 5.69. The summed E-state index contributed by atoms with van der Waals surface area (Å²) in [6.07, 6.45) is 2.99. The van der Waals surface area contributed by atoms with E-state index in [0.717, 1.165) is 19.3 Å². The Bertz CT molecular complexity index is 639. The van der Waals surface area contributed by atoms with Gasteiger partial charge >= 0.3 is 0 Å². The number of nitrogens with one attached hydrogen (secondary N) is 2. The molecule has 0 aromatic heterocycles. The number of sulfonamides is 1. The molecule has 0 radical (unpaired) electrons. The van der Waals surface area contributed by atoms with Crippen molar-refractivity contribution in [3.8, 4) is 0 Å². The molecule has 1 aromatic carbocycles. The lowest BCUT2D eigenvalue weighted by atomic mass is 9.99. The summed E-state index contributed by atoms with van der Waals surface area (Å²) in [5.74, 6) is 0.300. The summed E-state index contributed by atoms with van der Waals surface area (Å²) in [5.41, 5.74) is 6.41. The molecule has 1 aromatic rings. The molecule has 1 aliphatic carbocycles. The van der Waals surface area contributed by atoms with Crippen LogP contribution in [-0.4, -0.2) is 26.9 Å². The standard InChI is InChI=1S/C16H25N3O3S/c1-3-11(2)15(17)16(20)19-13-6-8-14(9-7-13)23(21,22)18-10-12-4-5-12/h6-9,11-12,15,18H,3-5,10,17H2,1-2H3,(H,19,20). The Hall–Kier alpha value is -1.44. The quantitative estimate of drug-likeness (QED) is 0.671. The van der Waals surface area contributed by atoms with Crippen molar-refractivity contribution in [1.82, 2.24) is 4.72 Å². The zero-order chi connectivity index (χ0) is 17.0. The Kier molecular flexibility index (Phi) is 5.78. The fourth-order valence-electron chi connectivity index (χ4n) is 2.09. The van der Waals surface area contributed by atoms with Crippen LogP contribution in [-0.2, 0) is 14.8 Å². The third kappa shape index (κ3) is 5.02. The monoisotopic (exact) mass is 339 g/mol. The predicted molar refractivity (Wildman–Crippen MR) is 90.4 cm³/mol. The fourth-order valence-corrected chi connectivity index (χ4v) is 3.20. The highest BCUT2D eigenvalue weighted by Gasteiger charge is 2.24. The molecule has 128 valence electrons. The fraction of sp³-hybridized carbons (Fsp3) is 0.562. The Morgan fingerprint density at radius 3 is 2.43 bits per heavy atom. The molecule has 4 N–H and O–H groups in total. The molecule has 6 nitrogen and oxygen atoms in total. The van der Waals surface area contributed by atoms with E-state index in [-0.39, 0.29) is 16.7 Å². The highest BCUT2D eigenvalue weighted by atomic mass is 32.2. The van der Waals surface area contributed by atoms with Gasteiger partial charge in [0.2, 0.25) is 15.9 Å². The maximum atomic E-state index is 12.1. The van der Waals surface area contributed by atoms with Gasteiger partial charge in [-0.05, 0) is 48.9 Å². The third-order valence-electron chi connectivity index (χ3n) is 4.25. The van der Waals surface area contributed by atoms with Crippen LogP contribution in [0, 0.1) is 11.8 Å².